The van der Waals surface area contributed by atoms with E-state index in [1.165, 1.54) is 11.8 Å². The molecule has 1 aliphatic heterocycles. The highest BCUT2D eigenvalue weighted by atomic mass is 32.2. The molecule has 5 nitrogen and oxygen atoms in total. The molecule has 0 fully saturated rings. The van der Waals surface area contributed by atoms with Gasteiger partial charge in [-0.2, -0.15) is 0 Å². The Kier molecular flexibility index (Phi) is 4.49. The monoisotopic (exact) mass is 300 g/mol. The molecule has 1 aliphatic rings. The van der Waals surface area contributed by atoms with Crippen molar-refractivity contribution in [2.24, 2.45) is 0 Å². The first-order valence-electron chi connectivity index (χ1n) is 6.03. The summed E-state index contributed by atoms with van der Waals surface area (Å²) in [7, 11) is -3.14. The molecule has 0 saturated heterocycles. The van der Waals surface area contributed by atoms with E-state index in [2.05, 4.69) is 10.0 Å². The molecule has 0 unspecified atom stereocenters. The van der Waals surface area contributed by atoms with Crippen molar-refractivity contribution < 1.29 is 13.2 Å². The summed E-state index contributed by atoms with van der Waals surface area (Å²) in [6.07, 6.45) is 0.604. The fourth-order valence-electron chi connectivity index (χ4n) is 1.74. The van der Waals surface area contributed by atoms with Crippen LogP contribution in [0.25, 0.3) is 0 Å². The second kappa shape index (κ2) is 5.94. The predicted molar refractivity (Wildman–Crippen MR) is 77.0 cm³/mol. The summed E-state index contributed by atoms with van der Waals surface area (Å²) in [5, 5.41) is 2.82. The third-order valence-corrected chi connectivity index (χ3v) is 5.27. The van der Waals surface area contributed by atoms with Crippen LogP contribution in [-0.2, 0) is 21.2 Å². The Bertz CT molecular complexity index is 585. The van der Waals surface area contributed by atoms with E-state index >= 15 is 0 Å². The lowest BCUT2D eigenvalue weighted by atomic mass is 10.1. The average Bonchev–Trinajstić information content (AvgIpc) is 2.38. The number of thioether (sulfide) groups is 1. The lowest BCUT2D eigenvalue weighted by Gasteiger charge is -2.17. The van der Waals surface area contributed by atoms with Gasteiger partial charge in [-0.1, -0.05) is 6.07 Å². The number of anilines is 1. The molecule has 19 heavy (non-hydrogen) atoms. The highest BCUT2D eigenvalue weighted by Crippen LogP contribution is 2.31. The highest BCUT2D eigenvalue weighted by molar-refractivity contribution is 8.00. The van der Waals surface area contributed by atoms with E-state index in [4.69, 9.17) is 0 Å². The lowest BCUT2D eigenvalue weighted by molar-refractivity contribution is -0.113. The van der Waals surface area contributed by atoms with Crippen molar-refractivity contribution >= 4 is 33.4 Å². The van der Waals surface area contributed by atoms with Gasteiger partial charge in [-0.3, -0.25) is 4.79 Å². The SMILES string of the molecule is CCS(=O)(=O)NCCc1ccc2c(c1)NC(=O)CS2. The van der Waals surface area contributed by atoms with Crippen LogP contribution >= 0.6 is 11.8 Å². The van der Waals surface area contributed by atoms with Crippen molar-refractivity contribution in [1.82, 2.24) is 4.72 Å². The summed E-state index contributed by atoms with van der Waals surface area (Å²) in [4.78, 5) is 12.4. The maximum absolute atomic E-state index is 11.3. The Morgan fingerprint density at radius 3 is 2.95 bits per heavy atom. The van der Waals surface area contributed by atoms with Gasteiger partial charge in [0.15, 0.2) is 0 Å². The Morgan fingerprint density at radius 1 is 1.42 bits per heavy atom. The van der Waals surface area contributed by atoms with E-state index in [0.29, 0.717) is 18.7 Å². The molecule has 0 saturated carbocycles. The van der Waals surface area contributed by atoms with Crippen molar-refractivity contribution in [3.63, 3.8) is 0 Å². The zero-order chi connectivity index (χ0) is 13.9. The Labute approximate surface area is 117 Å². The van der Waals surface area contributed by atoms with Crippen LogP contribution < -0.4 is 10.0 Å². The number of sulfonamides is 1. The molecule has 0 atom stereocenters. The van der Waals surface area contributed by atoms with Gasteiger partial charge in [-0.15, -0.1) is 11.8 Å². The maximum Gasteiger partial charge on any atom is 0.234 e. The molecule has 0 spiro atoms. The lowest BCUT2D eigenvalue weighted by Crippen LogP contribution is -2.27. The maximum atomic E-state index is 11.3. The summed E-state index contributed by atoms with van der Waals surface area (Å²) in [5.41, 5.74) is 1.82. The molecule has 1 amide bonds. The minimum atomic E-state index is -3.14. The topological polar surface area (TPSA) is 75.3 Å². The van der Waals surface area contributed by atoms with Crippen molar-refractivity contribution in [2.75, 3.05) is 23.4 Å². The molecule has 0 aromatic heterocycles. The summed E-state index contributed by atoms with van der Waals surface area (Å²) in [6, 6.07) is 5.83. The molecule has 1 aromatic rings. The van der Waals surface area contributed by atoms with Gasteiger partial charge in [0.05, 0.1) is 17.2 Å². The molecule has 1 aromatic carbocycles. The summed E-state index contributed by atoms with van der Waals surface area (Å²) in [5.74, 6) is 0.535. The Balaban J connectivity index is 1.99. The second-order valence-corrected chi connectivity index (χ2v) is 7.33. The number of carbonyl (C=O) groups is 1. The van der Waals surface area contributed by atoms with Crippen molar-refractivity contribution in [3.8, 4) is 0 Å². The van der Waals surface area contributed by atoms with Crippen LogP contribution in [0.1, 0.15) is 12.5 Å². The molecular formula is C12H16N2O3S2. The van der Waals surface area contributed by atoms with Crippen LogP contribution in [0.15, 0.2) is 23.1 Å². The fraction of sp³-hybridized carbons (Fsp3) is 0.417. The largest absolute Gasteiger partial charge is 0.324 e. The number of rotatable bonds is 5. The number of nitrogens with one attached hydrogen (secondary N) is 2. The Morgan fingerprint density at radius 2 is 2.21 bits per heavy atom. The Hall–Kier alpha value is -1.05. The van der Waals surface area contributed by atoms with Gasteiger partial charge in [0.1, 0.15) is 0 Å². The zero-order valence-electron chi connectivity index (χ0n) is 10.6. The molecule has 0 radical (unpaired) electrons. The van der Waals surface area contributed by atoms with E-state index in [1.807, 2.05) is 18.2 Å². The smallest absolute Gasteiger partial charge is 0.234 e. The van der Waals surface area contributed by atoms with Crippen molar-refractivity contribution in [2.45, 2.75) is 18.2 Å². The van der Waals surface area contributed by atoms with Crippen LogP contribution in [0, 0.1) is 0 Å². The molecule has 0 bridgehead atoms. The molecular weight excluding hydrogens is 284 g/mol. The van der Waals surface area contributed by atoms with E-state index in [-0.39, 0.29) is 11.7 Å². The number of hydrogen-bond acceptors (Lipinski definition) is 4. The first kappa shape index (κ1) is 14.4. The number of benzene rings is 1. The normalized spacial score (nSPS) is 14.9. The standard InChI is InChI=1S/C12H16N2O3S2/c1-2-19(16,17)13-6-5-9-3-4-11-10(7-9)14-12(15)8-18-11/h3-4,7,13H,2,5-6,8H2,1H3,(H,14,15). The highest BCUT2D eigenvalue weighted by Gasteiger charge is 2.15. The summed E-state index contributed by atoms with van der Waals surface area (Å²) < 4.78 is 25.1. The average molecular weight is 300 g/mol. The van der Waals surface area contributed by atoms with Crippen molar-refractivity contribution in [3.05, 3.63) is 23.8 Å². The molecule has 104 valence electrons. The van der Waals surface area contributed by atoms with Crippen LogP contribution in [0.4, 0.5) is 5.69 Å². The molecule has 2 N–H and O–H groups in total. The van der Waals surface area contributed by atoms with Crippen LogP contribution in [0.5, 0.6) is 0 Å². The van der Waals surface area contributed by atoms with Gasteiger partial charge in [0, 0.05) is 11.4 Å². The number of fused-ring (bicyclic) bond motifs is 1. The predicted octanol–water partition coefficient (Wildman–Crippen LogP) is 1.21. The van der Waals surface area contributed by atoms with Gasteiger partial charge >= 0.3 is 0 Å². The van der Waals surface area contributed by atoms with E-state index < -0.39 is 10.0 Å². The first-order chi connectivity index (χ1) is 9.00. The van der Waals surface area contributed by atoms with Gasteiger partial charge in [-0.25, -0.2) is 13.1 Å². The van der Waals surface area contributed by atoms with Crippen molar-refractivity contribution in [1.29, 1.82) is 0 Å². The van der Waals surface area contributed by atoms with E-state index in [0.717, 1.165) is 16.1 Å². The molecule has 2 rings (SSSR count). The van der Waals surface area contributed by atoms with Gasteiger partial charge in [0.2, 0.25) is 15.9 Å². The number of carbonyl (C=O) groups excluding carboxylic acids is 1. The van der Waals surface area contributed by atoms with E-state index in [1.54, 1.807) is 6.92 Å². The van der Waals surface area contributed by atoms with Gasteiger partial charge < -0.3 is 5.32 Å². The molecule has 1 heterocycles. The summed E-state index contributed by atoms with van der Waals surface area (Å²) in [6.45, 7) is 1.98. The van der Waals surface area contributed by atoms with Crippen LogP contribution in [-0.4, -0.2) is 32.4 Å². The summed E-state index contributed by atoms with van der Waals surface area (Å²) >= 11 is 1.51. The first-order valence-corrected chi connectivity index (χ1v) is 8.67. The van der Waals surface area contributed by atoms with E-state index in [9.17, 15) is 13.2 Å². The molecule has 0 aliphatic carbocycles. The van der Waals surface area contributed by atoms with Gasteiger partial charge in [0.25, 0.3) is 0 Å². The number of hydrogen-bond donors (Lipinski definition) is 2. The number of amides is 1. The van der Waals surface area contributed by atoms with Crippen LogP contribution in [0.3, 0.4) is 0 Å². The van der Waals surface area contributed by atoms with Crippen LogP contribution in [0.2, 0.25) is 0 Å². The zero-order valence-corrected chi connectivity index (χ0v) is 12.2. The van der Waals surface area contributed by atoms with Gasteiger partial charge in [-0.05, 0) is 31.0 Å². The molecule has 7 heteroatoms. The minimum absolute atomic E-state index is 0.00124. The second-order valence-electron chi connectivity index (χ2n) is 4.22. The fourth-order valence-corrected chi connectivity index (χ4v) is 3.14. The minimum Gasteiger partial charge on any atom is -0.324 e. The third kappa shape index (κ3) is 3.95. The third-order valence-electron chi connectivity index (χ3n) is 2.79. The quantitative estimate of drug-likeness (QED) is 0.857.